The van der Waals surface area contributed by atoms with Crippen molar-refractivity contribution < 1.29 is 28.6 Å². The molecular weight excluding hydrogens is 340 g/mol. The summed E-state index contributed by atoms with van der Waals surface area (Å²) in [5.74, 6) is -1.82. The highest BCUT2D eigenvalue weighted by Crippen LogP contribution is 2.16. The number of benzene rings is 1. The van der Waals surface area contributed by atoms with Crippen molar-refractivity contribution in [3.05, 3.63) is 54.0 Å². The van der Waals surface area contributed by atoms with Gasteiger partial charge in [-0.05, 0) is 37.3 Å². The maximum absolute atomic E-state index is 12.5. The number of carboxylic acid groups (broad SMARTS) is 1. The van der Waals surface area contributed by atoms with Crippen LogP contribution in [0.2, 0.25) is 0 Å². The van der Waals surface area contributed by atoms with Gasteiger partial charge in [0, 0.05) is 18.4 Å². The highest BCUT2D eigenvalue weighted by Gasteiger charge is 2.30. The number of furan rings is 1. The molecule has 0 saturated heterocycles. The average molecular weight is 360 g/mol. The Kier molecular flexibility index (Phi) is 6.13. The van der Waals surface area contributed by atoms with Crippen molar-refractivity contribution in [2.45, 2.75) is 18.9 Å². The maximum Gasteiger partial charge on any atom is 0.305 e. The first-order valence-electron chi connectivity index (χ1n) is 7.81. The van der Waals surface area contributed by atoms with Crippen molar-refractivity contribution in [1.82, 2.24) is 5.32 Å². The summed E-state index contributed by atoms with van der Waals surface area (Å²) in [5.41, 5.74) is -0.383. The second kappa shape index (κ2) is 8.30. The molecule has 26 heavy (non-hydrogen) atoms. The molecule has 1 unspecified atom stereocenters. The zero-order chi connectivity index (χ0) is 19.2. The number of hydrogen-bond acceptors (Lipinski definition) is 5. The zero-order valence-electron chi connectivity index (χ0n) is 14.4. The summed E-state index contributed by atoms with van der Waals surface area (Å²) in [5, 5.41) is 14.3. The summed E-state index contributed by atoms with van der Waals surface area (Å²) in [7, 11) is 1.43. The lowest BCUT2D eigenvalue weighted by Crippen LogP contribution is -2.50. The molecule has 8 nitrogen and oxygen atoms in total. The average Bonchev–Trinajstić information content (AvgIpc) is 3.08. The van der Waals surface area contributed by atoms with Gasteiger partial charge in [-0.1, -0.05) is 6.07 Å². The highest BCUT2D eigenvalue weighted by molar-refractivity contribution is 6.03. The molecule has 1 aromatic carbocycles. The van der Waals surface area contributed by atoms with Crippen molar-refractivity contribution in [2.75, 3.05) is 19.0 Å². The van der Waals surface area contributed by atoms with E-state index in [1.165, 1.54) is 25.5 Å². The molecule has 0 radical (unpaired) electrons. The van der Waals surface area contributed by atoms with Crippen LogP contribution in [0.25, 0.3) is 0 Å². The van der Waals surface area contributed by atoms with E-state index in [0.717, 1.165) is 0 Å². The van der Waals surface area contributed by atoms with E-state index in [-0.39, 0.29) is 24.4 Å². The monoisotopic (exact) mass is 360 g/mol. The molecule has 2 aromatic rings. The van der Waals surface area contributed by atoms with Crippen LogP contribution < -0.4 is 10.6 Å². The molecule has 0 aliphatic rings. The predicted octanol–water partition coefficient (Wildman–Crippen LogP) is 2.14. The van der Waals surface area contributed by atoms with Gasteiger partial charge in [-0.25, -0.2) is 0 Å². The number of carboxylic acids is 1. The standard InChI is InChI=1S/C18H20N2O6/c1-18(11-25-2,10-15(21)22)20-16(23)12-5-3-6-13(9-12)19-17(24)14-7-4-8-26-14/h3-9H,10-11H2,1-2H3,(H,19,24)(H,20,23)(H,21,22). The SMILES string of the molecule is COCC(C)(CC(=O)O)NC(=O)c1cccc(NC(=O)c2ccco2)c1. The van der Waals surface area contributed by atoms with Crippen LogP contribution in [-0.4, -0.2) is 42.1 Å². The minimum atomic E-state index is -1.06. The van der Waals surface area contributed by atoms with Crippen molar-refractivity contribution >= 4 is 23.5 Å². The number of amides is 2. The van der Waals surface area contributed by atoms with Gasteiger partial charge in [0.05, 0.1) is 24.8 Å². The Morgan fingerprint density at radius 3 is 2.58 bits per heavy atom. The van der Waals surface area contributed by atoms with Gasteiger partial charge >= 0.3 is 5.97 Å². The van der Waals surface area contributed by atoms with E-state index in [9.17, 15) is 14.4 Å². The molecule has 0 aliphatic heterocycles. The molecule has 0 saturated carbocycles. The molecule has 2 rings (SSSR count). The Morgan fingerprint density at radius 2 is 1.96 bits per heavy atom. The van der Waals surface area contributed by atoms with E-state index < -0.39 is 23.3 Å². The van der Waals surface area contributed by atoms with Crippen LogP contribution in [0.5, 0.6) is 0 Å². The summed E-state index contributed by atoms with van der Waals surface area (Å²) in [6.07, 6.45) is 1.10. The predicted molar refractivity (Wildman–Crippen MR) is 93.1 cm³/mol. The third-order valence-electron chi connectivity index (χ3n) is 3.55. The molecule has 1 aromatic heterocycles. The Balaban J connectivity index is 2.11. The summed E-state index contributed by atoms with van der Waals surface area (Å²) >= 11 is 0. The molecule has 0 aliphatic carbocycles. The van der Waals surface area contributed by atoms with Gasteiger partial charge in [0.25, 0.3) is 11.8 Å². The first-order valence-corrected chi connectivity index (χ1v) is 7.81. The molecule has 1 heterocycles. The number of methoxy groups -OCH3 is 1. The lowest BCUT2D eigenvalue weighted by molar-refractivity contribution is -0.139. The molecule has 138 valence electrons. The van der Waals surface area contributed by atoms with Crippen molar-refractivity contribution in [2.24, 2.45) is 0 Å². The van der Waals surface area contributed by atoms with Crippen LogP contribution in [0.4, 0.5) is 5.69 Å². The Hall–Kier alpha value is -3.13. The summed E-state index contributed by atoms with van der Waals surface area (Å²) in [6.45, 7) is 1.63. The number of anilines is 1. The summed E-state index contributed by atoms with van der Waals surface area (Å²) in [6, 6.07) is 9.41. The number of aliphatic carboxylic acids is 1. The van der Waals surface area contributed by atoms with E-state index in [4.69, 9.17) is 14.3 Å². The van der Waals surface area contributed by atoms with Gasteiger partial charge < -0.3 is 24.9 Å². The fraction of sp³-hybridized carbons (Fsp3) is 0.278. The third kappa shape index (κ3) is 5.18. The second-order valence-electron chi connectivity index (χ2n) is 6.03. The first-order chi connectivity index (χ1) is 12.3. The van der Waals surface area contributed by atoms with E-state index in [1.54, 1.807) is 31.2 Å². The maximum atomic E-state index is 12.5. The van der Waals surface area contributed by atoms with Crippen LogP contribution in [0.3, 0.4) is 0 Å². The van der Waals surface area contributed by atoms with Gasteiger partial charge in [-0.15, -0.1) is 0 Å². The van der Waals surface area contributed by atoms with E-state index in [2.05, 4.69) is 10.6 Å². The molecule has 3 N–H and O–H groups in total. The van der Waals surface area contributed by atoms with Crippen molar-refractivity contribution in [3.8, 4) is 0 Å². The van der Waals surface area contributed by atoms with Gasteiger partial charge in [0.1, 0.15) is 0 Å². The molecule has 1 atom stereocenters. The normalized spacial score (nSPS) is 12.8. The van der Waals surface area contributed by atoms with Crippen LogP contribution >= 0.6 is 0 Å². The van der Waals surface area contributed by atoms with E-state index >= 15 is 0 Å². The Morgan fingerprint density at radius 1 is 1.19 bits per heavy atom. The number of ether oxygens (including phenoxy) is 1. The van der Waals surface area contributed by atoms with Crippen LogP contribution in [-0.2, 0) is 9.53 Å². The minimum absolute atomic E-state index is 0.0416. The molecule has 0 bridgehead atoms. The molecule has 0 fully saturated rings. The van der Waals surface area contributed by atoms with Gasteiger partial charge in [0.2, 0.25) is 0 Å². The van der Waals surface area contributed by atoms with Gasteiger partial charge in [0.15, 0.2) is 5.76 Å². The summed E-state index contributed by atoms with van der Waals surface area (Å²) in [4.78, 5) is 35.5. The Labute approximate surface area is 150 Å². The van der Waals surface area contributed by atoms with Gasteiger partial charge in [-0.2, -0.15) is 0 Å². The zero-order valence-corrected chi connectivity index (χ0v) is 14.4. The molecule has 8 heteroatoms. The molecule has 0 spiro atoms. The minimum Gasteiger partial charge on any atom is -0.481 e. The summed E-state index contributed by atoms with van der Waals surface area (Å²) < 4.78 is 10.0. The fourth-order valence-electron chi connectivity index (χ4n) is 2.47. The highest BCUT2D eigenvalue weighted by atomic mass is 16.5. The van der Waals surface area contributed by atoms with Gasteiger partial charge in [-0.3, -0.25) is 14.4 Å². The number of rotatable bonds is 8. The quantitative estimate of drug-likeness (QED) is 0.664. The number of carbonyl (C=O) groups is 3. The van der Waals surface area contributed by atoms with Crippen LogP contribution in [0.15, 0.2) is 47.1 Å². The van der Waals surface area contributed by atoms with Crippen molar-refractivity contribution in [1.29, 1.82) is 0 Å². The van der Waals surface area contributed by atoms with Crippen LogP contribution in [0, 0.1) is 0 Å². The second-order valence-corrected chi connectivity index (χ2v) is 6.03. The third-order valence-corrected chi connectivity index (χ3v) is 3.55. The number of nitrogens with one attached hydrogen (secondary N) is 2. The smallest absolute Gasteiger partial charge is 0.305 e. The fourth-order valence-corrected chi connectivity index (χ4v) is 2.47. The van der Waals surface area contributed by atoms with Crippen molar-refractivity contribution in [3.63, 3.8) is 0 Å². The Bertz CT molecular complexity index is 787. The topological polar surface area (TPSA) is 118 Å². The molecular formula is C18H20N2O6. The largest absolute Gasteiger partial charge is 0.481 e. The van der Waals surface area contributed by atoms with E-state index in [1.807, 2.05) is 0 Å². The lowest BCUT2D eigenvalue weighted by Gasteiger charge is -2.28. The van der Waals surface area contributed by atoms with E-state index in [0.29, 0.717) is 5.69 Å². The van der Waals surface area contributed by atoms with Crippen LogP contribution in [0.1, 0.15) is 34.3 Å². The lowest BCUT2D eigenvalue weighted by atomic mass is 9.98. The first kappa shape index (κ1) is 19.2. The molecule has 2 amide bonds. The number of hydrogen-bond donors (Lipinski definition) is 3. The number of carbonyl (C=O) groups excluding carboxylic acids is 2.